The Hall–Kier alpha value is -1.41. The molecule has 0 N–H and O–H groups in total. The molecule has 2 aromatic heterocycles. The molecular weight excluding hydrogens is 256 g/mol. The third-order valence-corrected chi connectivity index (χ3v) is 2.87. The van der Waals surface area contributed by atoms with Crippen molar-refractivity contribution < 1.29 is 0 Å². The summed E-state index contributed by atoms with van der Waals surface area (Å²) in [5.74, 6) is 0.773. The van der Waals surface area contributed by atoms with Crippen LogP contribution in [-0.4, -0.2) is 14.5 Å². The van der Waals surface area contributed by atoms with Crippen molar-refractivity contribution in [3.05, 3.63) is 22.6 Å². The van der Waals surface area contributed by atoms with Gasteiger partial charge in [-0.05, 0) is 28.9 Å². The average molecular weight is 265 g/mol. The van der Waals surface area contributed by atoms with Gasteiger partial charge in [-0.3, -0.25) is 0 Å². The van der Waals surface area contributed by atoms with Gasteiger partial charge in [0.1, 0.15) is 11.3 Å². The average Bonchev–Trinajstić information content (AvgIpc) is 2.57. The van der Waals surface area contributed by atoms with Crippen molar-refractivity contribution in [3.8, 4) is 6.07 Å². The van der Waals surface area contributed by atoms with Gasteiger partial charge in [0.15, 0.2) is 5.65 Å². The molecule has 2 heterocycles. The highest BCUT2D eigenvalue weighted by Gasteiger charge is 2.12. The van der Waals surface area contributed by atoms with Crippen molar-refractivity contribution >= 4 is 27.1 Å². The lowest BCUT2D eigenvalue weighted by atomic mass is 10.4. The Kier molecular flexibility index (Phi) is 2.69. The molecule has 0 saturated heterocycles. The number of halogens is 1. The molecule has 0 aliphatic carbocycles. The number of hydrogen-bond acceptors (Lipinski definition) is 3. The minimum atomic E-state index is 0.316. The smallest absolute Gasteiger partial charge is 0.179 e. The zero-order chi connectivity index (χ0) is 10.8. The minimum Gasteiger partial charge on any atom is -0.325 e. The third-order valence-electron chi connectivity index (χ3n) is 2.23. The lowest BCUT2D eigenvalue weighted by Gasteiger charge is -2.03. The van der Waals surface area contributed by atoms with E-state index in [4.69, 9.17) is 5.26 Å². The number of imidazole rings is 1. The van der Waals surface area contributed by atoms with Crippen molar-refractivity contribution in [2.75, 3.05) is 0 Å². The van der Waals surface area contributed by atoms with Crippen molar-refractivity contribution in [1.82, 2.24) is 14.5 Å². The second kappa shape index (κ2) is 3.99. The maximum atomic E-state index is 8.70. The van der Waals surface area contributed by atoms with E-state index in [0.29, 0.717) is 12.1 Å². The Bertz CT molecular complexity index is 538. The van der Waals surface area contributed by atoms with Gasteiger partial charge >= 0.3 is 0 Å². The molecule has 0 unspecified atom stereocenters. The summed E-state index contributed by atoms with van der Waals surface area (Å²) in [4.78, 5) is 8.52. The maximum absolute atomic E-state index is 8.70. The van der Waals surface area contributed by atoms with Gasteiger partial charge in [-0.1, -0.05) is 0 Å². The SMILES string of the molecule is CCn1c(CC#N)nc2nccc(Br)c21. The molecule has 15 heavy (non-hydrogen) atoms. The molecule has 0 aliphatic rings. The fourth-order valence-electron chi connectivity index (χ4n) is 1.61. The maximum Gasteiger partial charge on any atom is 0.179 e. The second-order valence-electron chi connectivity index (χ2n) is 3.07. The molecule has 0 fully saturated rings. The van der Waals surface area contributed by atoms with Crippen molar-refractivity contribution in [3.63, 3.8) is 0 Å². The molecule has 76 valence electrons. The lowest BCUT2D eigenvalue weighted by molar-refractivity contribution is 0.738. The number of nitrogens with zero attached hydrogens (tertiary/aromatic N) is 4. The van der Waals surface area contributed by atoms with Gasteiger partial charge in [-0.15, -0.1) is 0 Å². The van der Waals surface area contributed by atoms with E-state index in [1.54, 1.807) is 6.20 Å². The Morgan fingerprint density at radius 3 is 3.07 bits per heavy atom. The fourth-order valence-corrected chi connectivity index (χ4v) is 2.12. The Morgan fingerprint density at radius 1 is 1.60 bits per heavy atom. The highest BCUT2D eigenvalue weighted by atomic mass is 79.9. The summed E-state index contributed by atoms with van der Waals surface area (Å²) in [5, 5.41) is 8.70. The normalized spacial score (nSPS) is 10.5. The molecule has 2 rings (SSSR count). The first-order valence-electron chi connectivity index (χ1n) is 4.64. The number of rotatable bonds is 2. The summed E-state index contributed by atoms with van der Waals surface area (Å²) in [6.45, 7) is 2.82. The van der Waals surface area contributed by atoms with Gasteiger partial charge in [0.2, 0.25) is 0 Å². The molecule has 0 spiro atoms. The highest BCUT2D eigenvalue weighted by Crippen LogP contribution is 2.23. The van der Waals surface area contributed by atoms with Gasteiger partial charge in [-0.25, -0.2) is 9.97 Å². The monoisotopic (exact) mass is 264 g/mol. The molecule has 0 bridgehead atoms. The van der Waals surface area contributed by atoms with Gasteiger partial charge in [0.25, 0.3) is 0 Å². The first kappa shape index (κ1) is 10.1. The molecule has 0 atom stereocenters. The van der Waals surface area contributed by atoms with Crippen LogP contribution in [0, 0.1) is 11.3 Å². The largest absolute Gasteiger partial charge is 0.325 e. The summed E-state index contributed by atoms with van der Waals surface area (Å²) < 4.78 is 2.97. The number of pyridine rings is 1. The highest BCUT2D eigenvalue weighted by molar-refractivity contribution is 9.10. The predicted octanol–water partition coefficient (Wildman–Crippen LogP) is 2.28. The van der Waals surface area contributed by atoms with Crippen LogP contribution >= 0.6 is 15.9 Å². The topological polar surface area (TPSA) is 54.5 Å². The summed E-state index contributed by atoms with van der Waals surface area (Å²) in [6.07, 6.45) is 2.02. The third kappa shape index (κ3) is 1.61. The number of hydrogen-bond donors (Lipinski definition) is 0. The quantitative estimate of drug-likeness (QED) is 0.837. The van der Waals surface area contributed by atoms with Crippen LogP contribution in [0.5, 0.6) is 0 Å². The summed E-state index contributed by atoms with van der Waals surface area (Å²) in [5.41, 5.74) is 1.65. The Labute approximate surface area is 95.7 Å². The summed E-state index contributed by atoms with van der Waals surface area (Å²) >= 11 is 3.47. The van der Waals surface area contributed by atoms with E-state index in [1.807, 2.05) is 17.6 Å². The Balaban J connectivity index is 2.75. The van der Waals surface area contributed by atoms with E-state index in [1.165, 1.54) is 0 Å². The van der Waals surface area contributed by atoms with Crippen molar-refractivity contribution in [2.45, 2.75) is 19.9 Å². The first-order valence-corrected chi connectivity index (χ1v) is 5.43. The van der Waals surface area contributed by atoms with Gasteiger partial charge in [0.05, 0.1) is 12.5 Å². The van der Waals surface area contributed by atoms with E-state index >= 15 is 0 Å². The van der Waals surface area contributed by atoms with Crippen LogP contribution in [0.25, 0.3) is 11.2 Å². The van der Waals surface area contributed by atoms with Crippen LogP contribution in [0.15, 0.2) is 16.7 Å². The zero-order valence-corrected chi connectivity index (χ0v) is 9.82. The van der Waals surface area contributed by atoms with Gasteiger partial charge in [0, 0.05) is 17.2 Å². The van der Waals surface area contributed by atoms with Crippen molar-refractivity contribution in [1.29, 1.82) is 5.26 Å². The van der Waals surface area contributed by atoms with E-state index in [2.05, 4.69) is 32.0 Å². The van der Waals surface area contributed by atoms with E-state index in [-0.39, 0.29) is 0 Å². The number of fused-ring (bicyclic) bond motifs is 1. The summed E-state index contributed by atoms with van der Waals surface area (Å²) in [7, 11) is 0. The molecule has 5 heteroatoms. The summed E-state index contributed by atoms with van der Waals surface area (Å²) in [6, 6.07) is 3.99. The van der Waals surface area contributed by atoms with E-state index < -0.39 is 0 Å². The number of aromatic nitrogens is 3. The van der Waals surface area contributed by atoms with Crippen LogP contribution in [-0.2, 0) is 13.0 Å². The van der Waals surface area contributed by atoms with Crippen LogP contribution in [0.4, 0.5) is 0 Å². The minimum absolute atomic E-state index is 0.316. The predicted molar refractivity (Wildman–Crippen MR) is 60.2 cm³/mol. The molecular formula is C10H9BrN4. The number of aryl methyl sites for hydroxylation is 1. The second-order valence-corrected chi connectivity index (χ2v) is 3.93. The molecule has 2 aromatic rings. The van der Waals surface area contributed by atoms with Gasteiger partial charge in [-0.2, -0.15) is 5.26 Å². The standard InChI is InChI=1S/C10H9BrN4/c1-2-15-8(3-5-12)14-10-9(15)7(11)4-6-13-10/h4,6H,2-3H2,1H3. The fraction of sp³-hybridized carbons (Fsp3) is 0.300. The van der Waals surface area contributed by atoms with E-state index in [9.17, 15) is 0 Å². The molecule has 0 aromatic carbocycles. The van der Waals surface area contributed by atoms with Crippen LogP contribution in [0.1, 0.15) is 12.7 Å². The molecule has 0 amide bonds. The van der Waals surface area contributed by atoms with Gasteiger partial charge < -0.3 is 4.57 Å². The van der Waals surface area contributed by atoms with Crippen molar-refractivity contribution in [2.24, 2.45) is 0 Å². The van der Waals surface area contributed by atoms with Crippen LogP contribution in [0.3, 0.4) is 0 Å². The van der Waals surface area contributed by atoms with E-state index in [0.717, 1.165) is 22.4 Å². The zero-order valence-electron chi connectivity index (χ0n) is 8.24. The number of nitriles is 1. The Morgan fingerprint density at radius 2 is 2.40 bits per heavy atom. The molecule has 4 nitrogen and oxygen atoms in total. The molecule has 0 radical (unpaired) electrons. The molecule has 0 aliphatic heterocycles. The first-order chi connectivity index (χ1) is 7.27. The molecule has 0 saturated carbocycles. The van der Waals surface area contributed by atoms with Crippen LogP contribution < -0.4 is 0 Å². The van der Waals surface area contributed by atoms with Crippen LogP contribution in [0.2, 0.25) is 0 Å². The lowest BCUT2D eigenvalue weighted by Crippen LogP contribution is -2.00.